The standard InChI is InChI=1S/C51H94NO10P/c1-3-5-7-9-11-13-15-17-19-21-22-23-24-25-26-27-28-30-32-34-36-38-40-42-49(54)52-48(51(56)57)46-62-63(58,59)61-45-47(53)44-60-50(55)43-41-39-37-35-33-31-29-20-18-16-14-12-10-8-6-4-2/h14,16-17,19-20,29,47-48,53H,3-13,15,18,21-28,30-46H2,1-2H3,(H,52,54)(H,56,57)(H,58,59)/b16-14-,19-17+,29-20-. The quantitative estimate of drug-likeness (QED) is 0.0199. The van der Waals surface area contributed by atoms with Crippen LogP contribution in [-0.4, -0.2) is 64.9 Å². The van der Waals surface area contributed by atoms with Crippen molar-refractivity contribution in [3.63, 3.8) is 0 Å². The van der Waals surface area contributed by atoms with Crippen molar-refractivity contribution < 1.29 is 47.8 Å². The summed E-state index contributed by atoms with van der Waals surface area (Å²) < 4.78 is 26.9. The molecule has 3 unspecified atom stereocenters. The highest BCUT2D eigenvalue weighted by molar-refractivity contribution is 7.47. The Hall–Kier alpha value is -2.30. The fraction of sp³-hybridized carbons (Fsp3) is 0.824. The highest BCUT2D eigenvalue weighted by atomic mass is 31.2. The Bertz CT molecular complexity index is 1210. The van der Waals surface area contributed by atoms with Crippen molar-refractivity contribution in [2.75, 3.05) is 19.8 Å². The van der Waals surface area contributed by atoms with E-state index in [0.717, 1.165) is 57.8 Å². The first-order valence-corrected chi connectivity index (χ1v) is 27.0. The fourth-order valence-electron chi connectivity index (χ4n) is 7.16. The van der Waals surface area contributed by atoms with Crippen LogP contribution in [0.25, 0.3) is 0 Å². The number of esters is 1. The molecule has 0 bridgehead atoms. The molecule has 3 atom stereocenters. The molecule has 0 aliphatic carbocycles. The maximum Gasteiger partial charge on any atom is 0.472 e. The lowest BCUT2D eigenvalue weighted by atomic mass is 10.0. The molecule has 368 valence electrons. The molecule has 0 heterocycles. The molecule has 1 amide bonds. The average Bonchev–Trinajstić information content (AvgIpc) is 3.26. The monoisotopic (exact) mass is 912 g/mol. The van der Waals surface area contributed by atoms with E-state index in [1.165, 1.54) is 141 Å². The molecule has 63 heavy (non-hydrogen) atoms. The van der Waals surface area contributed by atoms with Gasteiger partial charge in [0.05, 0.1) is 13.2 Å². The number of hydrogen-bond donors (Lipinski definition) is 4. The summed E-state index contributed by atoms with van der Waals surface area (Å²) in [6.07, 6.45) is 51.7. The number of carbonyl (C=O) groups excluding carboxylic acids is 2. The van der Waals surface area contributed by atoms with Crippen LogP contribution < -0.4 is 5.32 Å². The lowest BCUT2D eigenvalue weighted by Crippen LogP contribution is -2.43. The van der Waals surface area contributed by atoms with Gasteiger partial charge in [0.25, 0.3) is 0 Å². The van der Waals surface area contributed by atoms with Crippen molar-refractivity contribution in [2.24, 2.45) is 0 Å². The number of ether oxygens (including phenoxy) is 1. The van der Waals surface area contributed by atoms with Crippen molar-refractivity contribution in [1.82, 2.24) is 5.32 Å². The zero-order chi connectivity index (χ0) is 46.3. The first-order chi connectivity index (χ1) is 30.6. The Balaban J connectivity index is 3.83. The van der Waals surface area contributed by atoms with E-state index in [0.29, 0.717) is 12.8 Å². The van der Waals surface area contributed by atoms with Crippen LogP contribution in [-0.2, 0) is 32.7 Å². The van der Waals surface area contributed by atoms with Gasteiger partial charge in [-0.25, -0.2) is 9.36 Å². The van der Waals surface area contributed by atoms with Gasteiger partial charge in [-0.15, -0.1) is 0 Å². The van der Waals surface area contributed by atoms with Crippen molar-refractivity contribution in [1.29, 1.82) is 0 Å². The summed E-state index contributed by atoms with van der Waals surface area (Å²) in [5.41, 5.74) is 0. The van der Waals surface area contributed by atoms with Gasteiger partial charge in [0, 0.05) is 12.8 Å². The molecule has 0 aromatic carbocycles. The second-order valence-electron chi connectivity index (χ2n) is 17.4. The van der Waals surface area contributed by atoms with Crippen molar-refractivity contribution >= 4 is 25.7 Å². The van der Waals surface area contributed by atoms with E-state index in [1.54, 1.807) is 0 Å². The van der Waals surface area contributed by atoms with Crippen LogP contribution in [0.5, 0.6) is 0 Å². The number of hydrogen-bond acceptors (Lipinski definition) is 8. The normalized spacial score (nSPS) is 13.8. The Labute approximate surface area is 384 Å². The average molecular weight is 912 g/mol. The SMILES string of the molecule is CCCCCC/C=C\C/C=C\CCCCCCCC(=O)OCC(O)COP(=O)(O)OCC(NC(=O)CCCCCCCCCCCCCCC/C=C/CCCCCCCC)C(=O)O. The summed E-state index contributed by atoms with van der Waals surface area (Å²) >= 11 is 0. The summed E-state index contributed by atoms with van der Waals surface area (Å²) in [5.74, 6) is -2.38. The Kier molecular flexibility index (Phi) is 44.5. The number of rotatable bonds is 48. The number of unbranched alkanes of at least 4 members (excludes halogenated alkanes) is 28. The van der Waals surface area contributed by atoms with Crippen LogP contribution >= 0.6 is 7.82 Å². The molecule has 0 saturated carbocycles. The molecule has 0 radical (unpaired) electrons. The molecule has 12 heteroatoms. The topological polar surface area (TPSA) is 169 Å². The Morgan fingerprint density at radius 2 is 0.873 bits per heavy atom. The molecule has 0 saturated heterocycles. The van der Waals surface area contributed by atoms with Gasteiger partial charge in [-0.2, -0.15) is 0 Å². The molecule has 0 spiro atoms. The third kappa shape index (κ3) is 46.0. The molecule has 0 rings (SSSR count). The van der Waals surface area contributed by atoms with E-state index in [9.17, 15) is 34.1 Å². The molecule has 4 N–H and O–H groups in total. The number of allylic oxidation sites excluding steroid dienone is 6. The number of phosphoric ester groups is 1. The predicted octanol–water partition coefficient (Wildman–Crippen LogP) is 14.0. The predicted molar refractivity (Wildman–Crippen MR) is 259 cm³/mol. The van der Waals surface area contributed by atoms with Crippen molar-refractivity contribution in [3.8, 4) is 0 Å². The van der Waals surface area contributed by atoms with E-state index in [1.807, 2.05) is 0 Å². The number of phosphoric acid groups is 1. The molecular formula is C51H94NO10P. The highest BCUT2D eigenvalue weighted by Crippen LogP contribution is 2.43. The van der Waals surface area contributed by atoms with E-state index in [4.69, 9.17) is 13.8 Å². The van der Waals surface area contributed by atoms with Gasteiger partial charge < -0.3 is 25.2 Å². The summed E-state index contributed by atoms with van der Waals surface area (Å²) in [4.78, 5) is 46.1. The fourth-order valence-corrected chi connectivity index (χ4v) is 7.94. The molecule has 0 aromatic rings. The third-order valence-electron chi connectivity index (χ3n) is 11.2. The van der Waals surface area contributed by atoms with E-state index in [-0.39, 0.29) is 12.8 Å². The van der Waals surface area contributed by atoms with Gasteiger partial charge in [0.2, 0.25) is 5.91 Å². The van der Waals surface area contributed by atoms with Crippen LogP contribution in [0.1, 0.15) is 239 Å². The van der Waals surface area contributed by atoms with Crippen LogP contribution in [0.4, 0.5) is 0 Å². The lowest BCUT2D eigenvalue weighted by Gasteiger charge is -2.18. The number of aliphatic carboxylic acids is 1. The first-order valence-electron chi connectivity index (χ1n) is 25.5. The zero-order valence-corrected chi connectivity index (χ0v) is 41.0. The van der Waals surface area contributed by atoms with Crippen LogP contribution in [0.15, 0.2) is 36.5 Å². The van der Waals surface area contributed by atoms with E-state index < -0.39 is 57.6 Å². The number of carbonyl (C=O) groups is 3. The van der Waals surface area contributed by atoms with E-state index >= 15 is 0 Å². The van der Waals surface area contributed by atoms with Crippen LogP contribution in [0.2, 0.25) is 0 Å². The van der Waals surface area contributed by atoms with E-state index in [2.05, 4.69) is 55.6 Å². The van der Waals surface area contributed by atoms with Gasteiger partial charge in [-0.05, 0) is 70.6 Å². The van der Waals surface area contributed by atoms with Crippen LogP contribution in [0.3, 0.4) is 0 Å². The smallest absolute Gasteiger partial charge is 0.472 e. The first kappa shape index (κ1) is 60.7. The minimum atomic E-state index is -4.76. The second kappa shape index (κ2) is 46.2. The Morgan fingerprint density at radius 1 is 0.508 bits per heavy atom. The van der Waals surface area contributed by atoms with Gasteiger partial charge in [-0.3, -0.25) is 18.6 Å². The minimum absolute atomic E-state index is 0.146. The number of aliphatic hydroxyl groups is 1. The molecule has 0 aromatic heterocycles. The maximum atomic E-state index is 12.4. The molecular weight excluding hydrogens is 818 g/mol. The highest BCUT2D eigenvalue weighted by Gasteiger charge is 2.28. The lowest BCUT2D eigenvalue weighted by molar-refractivity contribution is -0.147. The Morgan fingerprint density at radius 3 is 1.32 bits per heavy atom. The minimum Gasteiger partial charge on any atom is -0.480 e. The number of amides is 1. The number of aliphatic hydroxyl groups excluding tert-OH is 1. The zero-order valence-electron chi connectivity index (χ0n) is 40.1. The van der Waals surface area contributed by atoms with Crippen LogP contribution in [0, 0.1) is 0 Å². The maximum absolute atomic E-state index is 12.4. The van der Waals surface area contributed by atoms with Gasteiger partial charge in [0.15, 0.2) is 6.04 Å². The second-order valence-corrected chi connectivity index (χ2v) is 18.8. The van der Waals surface area contributed by atoms with Crippen molar-refractivity contribution in [3.05, 3.63) is 36.5 Å². The van der Waals surface area contributed by atoms with Gasteiger partial charge >= 0.3 is 19.8 Å². The van der Waals surface area contributed by atoms with Gasteiger partial charge in [0.1, 0.15) is 12.7 Å². The number of nitrogens with one attached hydrogen (secondary N) is 1. The molecule has 0 fully saturated rings. The third-order valence-corrected chi connectivity index (χ3v) is 12.1. The molecule has 0 aliphatic heterocycles. The summed E-state index contributed by atoms with van der Waals surface area (Å²) in [6.45, 7) is 2.59. The number of carboxylic acids is 1. The van der Waals surface area contributed by atoms with Crippen molar-refractivity contribution in [2.45, 2.75) is 251 Å². The number of carboxylic acid groups (broad SMARTS) is 1. The molecule has 0 aliphatic rings. The van der Waals surface area contributed by atoms with Gasteiger partial charge in [-0.1, -0.05) is 192 Å². The largest absolute Gasteiger partial charge is 0.480 e. The summed E-state index contributed by atoms with van der Waals surface area (Å²) in [5, 5.41) is 21.9. The molecule has 11 nitrogen and oxygen atoms in total. The summed E-state index contributed by atoms with van der Waals surface area (Å²) in [6, 6.07) is -1.55. The summed E-state index contributed by atoms with van der Waals surface area (Å²) in [7, 11) is -4.76.